The third-order valence-corrected chi connectivity index (χ3v) is 1.57. The van der Waals surface area contributed by atoms with Gasteiger partial charge in [-0.1, -0.05) is 0 Å². The smallest absolute Gasteiger partial charge is 0.284 e. The standard InChI is InChI=1S/C8H8F3NO/c1-4-3-5(13-2)6(7(9)10)12-8(4)11/h3,7H,1-2H3. The maximum absolute atomic E-state index is 12.8. The summed E-state index contributed by atoms with van der Waals surface area (Å²) in [6.07, 6.45) is -2.83. The highest BCUT2D eigenvalue weighted by atomic mass is 19.3. The second kappa shape index (κ2) is 3.64. The number of pyridine rings is 1. The van der Waals surface area contributed by atoms with Gasteiger partial charge in [0, 0.05) is 5.56 Å². The largest absolute Gasteiger partial charge is 0.495 e. The highest BCUT2D eigenvalue weighted by Crippen LogP contribution is 2.28. The van der Waals surface area contributed by atoms with Crippen molar-refractivity contribution in [1.82, 2.24) is 4.98 Å². The molecule has 0 radical (unpaired) electrons. The van der Waals surface area contributed by atoms with E-state index in [1.807, 2.05) is 0 Å². The summed E-state index contributed by atoms with van der Waals surface area (Å²) in [4.78, 5) is 3.10. The molecule has 0 aliphatic carbocycles. The summed E-state index contributed by atoms with van der Waals surface area (Å²) in [5.74, 6) is -0.981. The fourth-order valence-electron chi connectivity index (χ4n) is 0.899. The van der Waals surface area contributed by atoms with Crippen LogP contribution in [0, 0.1) is 12.9 Å². The molecule has 0 amide bonds. The molecule has 0 atom stereocenters. The van der Waals surface area contributed by atoms with E-state index in [0.29, 0.717) is 0 Å². The van der Waals surface area contributed by atoms with Gasteiger partial charge in [-0.25, -0.2) is 13.8 Å². The number of ether oxygens (including phenoxy) is 1. The van der Waals surface area contributed by atoms with E-state index in [9.17, 15) is 13.2 Å². The van der Waals surface area contributed by atoms with E-state index in [0.717, 1.165) is 0 Å². The van der Waals surface area contributed by atoms with Crippen molar-refractivity contribution < 1.29 is 17.9 Å². The fraction of sp³-hybridized carbons (Fsp3) is 0.375. The van der Waals surface area contributed by atoms with Crippen LogP contribution in [-0.4, -0.2) is 12.1 Å². The van der Waals surface area contributed by atoms with Crippen LogP contribution in [0.15, 0.2) is 6.07 Å². The van der Waals surface area contributed by atoms with Crippen LogP contribution in [0.4, 0.5) is 13.2 Å². The number of alkyl halides is 2. The Hall–Kier alpha value is -1.26. The predicted octanol–water partition coefficient (Wildman–Crippen LogP) is 2.48. The molecule has 0 unspecified atom stereocenters. The molecule has 72 valence electrons. The van der Waals surface area contributed by atoms with Gasteiger partial charge in [0.05, 0.1) is 7.11 Å². The zero-order valence-corrected chi connectivity index (χ0v) is 7.14. The van der Waals surface area contributed by atoms with Crippen LogP contribution >= 0.6 is 0 Å². The zero-order chi connectivity index (χ0) is 10.0. The molecule has 0 bridgehead atoms. The summed E-state index contributed by atoms with van der Waals surface area (Å²) >= 11 is 0. The van der Waals surface area contributed by atoms with Crippen molar-refractivity contribution in [2.45, 2.75) is 13.3 Å². The number of halogens is 3. The Kier molecular flexibility index (Phi) is 2.75. The van der Waals surface area contributed by atoms with Gasteiger partial charge in [-0.2, -0.15) is 4.39 Å². The lowest BCUT2D eigenvalue weighted by Crippen LogP contribution is -2.00. The molecular formula is C8H8F3NO. The van der Waals surface area contributed by atoms with Gasteiger partial charge in [0.15, 0.2) is 5.69 Å². The van der Waals surface area contributed by atoms with Crippen molar-refractivity contribution in [2.75, 3.05) is 7.11 Å². The van der Waals surface area contributed by atoms with Gasteiger partial charge in [-0.15, -0.1) is 0 Å². The Labute approximate surface area is 73.4 Å². The fourth-order valence-corrected chi connectivity index (χ4v) is 0.899. The van der Waals surface area contributed by atoms with Crippen LogP contribution in [0.3, 0.4) is 0 Å². The Balaban J connectivity index is 3.25. The number of hydrogen-bond acceptors (Lipinski definition) is 2. The Morgan fingerprint density at radius 1 is 1.46 bits per heavy atom. The van der Waals surface area contributed by atoms with Gasteiger partial charge in [0.2, 0.25) is 5.95 Å². The van der Waals surface area contributed by atoms with Gasteiger partial charge in [-0.05, 0) is 13.0 Å². The molecule has 0 saturated heterocycles. The topological polar surface area (TPSA) is 22.1 Å². The van der Waals surface area contributed by atoms with Crippen LogP contribution < -0.4 is 4.74 Å². The van der Waals surface area contributed by atoms with Crippen molar-refractivity contribution in [3.05, 3.63) is 23.3 Å². The first-order valence-corrected chi connectivity index (χ1v) is 3.55. The molecule has 2 nitrogen and oxygen atoms in total. The lowest BCUT2D eigenvalue weighted by molar-refractivity contribution is 0.140. The third kappa shape index (κ3) is 1.91. The number of aryl methyl sites for hydroxylation is 1. The highest BCUT2D eigenvalue weighted by molar-refractivity contribution is 5.32. The van der Waals surface area contributed by atoms with Gasteiger partial charge in [0.25, 0.3) is 6.43 Å². The number of hydrogen-bond donors (Lipinski definition) is 0. The Morgan fingerprint density at radius 2 is 2.08 bits per heavy atom. The molecule has 0 fully saturated rings. The maximum atomic E-state index is 12.8. The molecule has 0 spiro atoms. The maximum Gasteiger partial charge on any atom is 0.284 e. The highest BCUT2D eigenvalue weighted by Gasteiger charge is 2.18. The zero-order valence-electron chi connectivity index (χ0n) is 7.14. The van der Waals surface area contributed by atoms with Crippen molar-refractivity contribution in [2.24, 2.45) is 0 Å². The molecule has 1 rings (SSSR count). The summed E-state index contributed by atoms with van der Waals surface area (Å²) in [6, 6.07) is 1.20. The van der Waals surface area contributed by atoms with Crippen molar-refractivity contribution in [3.8, 4) is 5.75 Å². The Morgan fingerprint density at radius 3 is 2.54 bits per heavy atom. The predicted molar refractivity (Wildman–Crippen MR) is 40.4 cm³/mol. The van der Waals surface area contributed by atoms with Crippen molar-refractivity contribution >= 4 is 0 Å². The lowest BCUT2D eigenvalue weighted by Gasteiger charge is -2.07. The van der Waals surface area contributed by atoms with Gasteiger partial charge in [-0.3, -0.25) is 0 Å². The minimum atomic E-state index is -2.83. The molecule has 1 aromatic heterocycles. The van der Waals surface area contributed by atoms with Crippen LogP contribution in [0.5, 0.6) is 5.75 Å². The third-order valence-electron chi connectivity index (χ3n) is 1.57. The average Bonchev–Trinajstić information content (AvgIpc) is 2.08. The summed E-state index contributed by atoms with van der Waals surface area (Å²) in [5.41, 5.74) is -0.480. The molecule has 5 heteroatoms. The molecule has 13 heavy (non-hydrogen) atoms. The van der Waals surface area contributed by atoms with Crippen molar-refractivity contribution in [1.29, 1.82) is 0 Å². The molecule has 0 N–H and O–H groups in total. The normalized spacial score (nSPS) is 10.6. The minimum Gasteiger partial charge on any atom is -0.495 e. The number of methoxy groups -OCH3 is 1. The van der Waals surface area contributed by atoms with Crippen molar-refractivity contribution in [3.63, 3.8) is 0 Å². The number of rotatable bonds is 2. The van der Waals surface area contributed by atoms with E-state index >= 15 is 0 Å². The minimum absolute atomic E-state index is 0.0890. The van der Waals surface area contributed by atoms with Crippen LogP contribution in [0.2, 0.25) is 0 Å². The second-order valence-corrected chi connectivity index (χ2v) is 2.48. The lowest BCUT2D eigenvalue weighted by atomic mass is 10.2. The molecule has 1 heterocycles. The molecular weight excluding hydrogens is 183 g/mol. The van der Waals surface area contributed by atoms with E-state index in [1.165, 1.54) is 20.1 Å². The molecule has 0 saturated carbocycles. The van der Waals surface area contributed by atoms with E-state index in [-0.39, 0.29) is 11.3 Å². The summed E-state index contributed by atoms with van der Waals surface area (Å²) < 4.78 is 41.8. The van der Waals surface area contributed by atoms with Gasteiger partial charge in [0.1, 0.15) is 5.75 Å². The second-order valence-electron chi connectivity index (χ2n) is 2.48. The van der Waals surface area contributed by atoms with E-state index in [2.05, 4.69) is 9.72 Å². The quantitative estimate of drug-likeness (QED) is 0.670. The number of aromatic nitrogens is 1. The first-order valence-electron chi connectivity index (χ1n) is 3.55. The molecule has 0 aliphatic rings. The average molecular weight is 191 g/mol. The number of nitrogens with zero attached hydrogens (tertiary/aromatic N) is 1. The van der Waals surface area contributed by atoms with E-state index in [1.54, 1.807) is 0 Å². The van der Waals surface area contributed by atoms with Gasteiger partial charge < -0.3 is 4.74 Å². The first-order chi connectivity index (χ1) is 6.06. The molecule has 0 aromatic carbocycles. The Bertz CT molecular complexity index is 315. The SMILES string of the molecule is COc1cc(C)c(F)nc1C(F)F. The molecule has 1 aromatic rings. The monoisotopic (exact) mass is 191 g/mol. The summed E-state index contributed by atoms with van der Waals surface area (Å²) in [6.45, 7) is 1.43. The summed E-state index contributed by atoms with van der Waals surface area (Å²) in [7, 11) is 1.24. The first kappa shape index (κ1) is 9.83. The summed E-state index contributed by atoms with van der Waals surface area (Å²) in [5, 5.41) is 0. The van der Waals surface area contributed by atoms with Gasteiger partial charge >= 0.3 is 0 Å². The van der Waals surface area contributed by atoms with Crippen LogP contribution in [0.25, 0.3) is 0 Å². The van der Waals surface area contributed by atoms with E-state index in [4.69, 9.17) is 0 Å². The van der Waals surface area contributed by atoms with Crippen LogP contribution in [0.1, 0.15) is 17.7 Å². The molecule has 0 aliphatic heterocycles. The van der Waals surface area contributed by atoms with Crippen LogP contribution in [-0.2, 0) is 0 Å². The van der Waals surface area contributed by atoms with E-state index < -0.39 is 18.1 Å².